The number of carboxylic acids is 6. The summed E-state index contributed by atoms with van der Waals surface area (Å²) < 4.78 is 37.6. The number of hydrogen-bond acceptors (Lipinski definition) is 12. The Kier molecular flexibility index (Phi) is 21.7. The third kappa shape index (κ3) is 17.7. The Bertz CT molecular complexity index is 1850. The fraction of sp³-hybridized carbons (Fsp3) is 0.500. The largest absolute Gasteiger partial charge is 0.490 e. The van der Waals surface area contributed by atoms with Crippen molar-refractivity contribution in [3.05, 3.63) is 36.4 Å². The van der Waals surface area contributed by atoms with E-state index in [0.29, 0.717) is 144 Å². The van der Waals surface area contributed by atoms with Gasteiger partial charge in [0, 0.05) is 38.5 Å². The first-order valence-corrected chi connectivity index (χ1v) is 22.4. The zero-order chi connectivity index (χ0) is 47.8. The summed E-state index contributed by atoms with van der Waals surface area (Å²) in [5, 5.41) is 59.1. The average Bonchev–Trinajstić information content (AvgIpc) is 3.25. The molecule has 0 fully saturated rings. The molecule has 0 amide bonds. The molecule has 0 aliphatic carbocycles. The maximum Gasteiger partial charge on any atom is 0.303 e. The molecule has 0 unspecified atom stereocenters. The van der Waals surface area contributed by atoms with Gasteiger partial charge in [0.15, 0.2) is 34.5 Å². The van der Waals surface area contributed by atoms with Gasteiger partial charge in [-0.3, -0.25) is 28.8 Å². The fourth-order valence-electron chi connectivity index (χ4n) is 7.06. The van der Waals surface area contributed by atoms with Crippen molar-refractivity contribution in [1.29, 1.82) is 0 Å². The summed E-state index contributed by atoms with van der Waals surface area (Å²) in [7, 11) is 0. The Morgan fingerprint density at radius 3 is 0.515 bits per heavy atom. The monoisotopic (exact) mass is 924 g/mol. The number of aliphatic carboxylic acids is 6. The van der Waals surface area contributed by atoms with Crippen LogP contribution in [0.25, 0.3) is 32.3 Å². The molecule has 6 N–H and O–H groups in total. The summed E-state index contributed by atoms with van der Waals surface area (Å²) in [4.78, 5) is 67.2. The molecule has 66 heavy (non-hydrogen) atoms. The minimum Gasteiger partial charge on any atom is -0.490 e. The van der Waals surface area contributed by atoms with E-state index >= 15 is 0 Å². The maximum atomic E-state index is 11.2. The summed E-state index contributed by atoms with van der Waals surface area (Å²) >= 11 is 0. The van der Waals surface area contributed by atoms with E-state index in [0.717, 1.165) is 0 Å². The van der Waals surface area contributed by atoms with Crippen molar-refractivity contribution in [3.8, 4) is 34.5 Å². The third-order valence-corrected chi connectivity index (χ3v) is 10.4. The van der Waals surface area contributed by atoms with E-state index in [-0.39, 0.29) is 78.2 Å². The van der Waals surface area contributed by atoms with Crippen LogP contribution in [0.5, 0.6) is 34.5 Å². The minimum atomic E-state index is -0.927. The van der Waals surface area contributed by atoms with Crippen LogP contribution in [0.2, 0.25) is 0 Å². The van der Waals surface area contributed by atoms with Crippen molar-refractivity contribution in [2.75, 3.05) is 39.6 Å². The van der Waals surface area contributed by atoms with Crippen LogP contribution in [0.3, 0.4) is 0 Å². The quantitative estimate of drug-likeness (QED) is 0.0183. The SMILES string of the molecule is O=C(O)CCCCOc1cc2c3cc(OCCCCC(=O)O)c(OCCCCC(=O)O)cc3c3cc(OCCCCC(=O)O)c(OCCCCC(=O)O)cc3c2cc1OCCCCC(=O)O. The number of carboxylic acid groups (broad SMARTS) is 6. The summed E-state index contributed by atoms with van der Waals surface area (Å²) in [6, 6.07) is 10.9. The lowest BCUT2D eigenvalue weighted by Crippen LogP contribution is -2.06. The highest BCUT2D eigenvalue weighted by atomic mass is 16.5. The molecule has 4 aromatic carbocycles. The molecule has 0 saturated heterocycles. The van der Waals surface area contributed by atoms with Gasteiger partial charge in [0.2, 0.25) is 0 Å². The second-order valence-corrected chi connectivity index (χ2v) is 15.7. The molecule has 4 rings (SSSR count). The van der Waals surface area contributed by atoms with Crippen molar-refractivity contribution in [1.82, 2.24) is 0 Å². The second-order valence-electron chi connectivity index (χ2n) is 15.7. The van der Waals surface area contributed by atoms with Crippen LogP contribution in [-0.2, 0) is 28.8 Å². The summed E-state index contributed by atoms with van der Waals surface area (Å²) in [5.41, 5.74) is 0. The predicted octanol–water partition coefficient (Wildman–Crippen LogP) is 8.95. The number of benzene rings is 4. The van der Waals surface area contributed by atoms with Gasteiger partial charge in [0.05, 0.1) is 39.6 Å². The molecule has 18 nitrogen and oxygen atoms in total. The Morgan fingerprint density at radius 1 is 0.258 bits per heavy atom. The Balaban J connectivity index is 1.96. The molecule has 0 heterocycles. The standard InChI is InChI=1S/C48H60O18/c49-43(50)13-1-7-19-61-37-25-31-32(26-38(37)62-20-8-2-14-44(51)52)34-28-40(64-22-10-4-16-46(55)56)42(66-24-12-6-18-48(59)60)30-36(34)35-29-41(65-23-11-5-17-47(57)58)39(27-33(31)35)63-21-9-3-15-45(53)54/h25-30H,1-24H2,(H,49,50)(H,51,52)(H,53,54)(H,55,56)(H,57,58)(H,59,60). The topological polar surface area (TPSA) is 279 Å². The van der Waals surface area contributed by atoms with Gasteiger partial charge in [-0.1, -0.05) is 0 Å². The normalized spacial score (nSPS) is 11.1. The molecule has 4 aromatic rings. The Hall–Kier alpha value is -6.72. The van der Waals surface area contributed by atoms with Crippen molar-refractivity contribution in [2.45, 2.75) is 116 Å². The number of fused-ring (bicyclic) bond motifs is 6. The van der Waals surface area contributed by atoms with Gasteiger partial charge in [-0.2, -0.15) is 0 Å². The molecule has 0 bridgehead atoms. The maximum absolute atomic E-state index is 11.2. The molecular formula is C48H60O18. The van der Waals surface area contributed by atoms with Crippen LogP contribution >= 0.6 is 0 Å². The highest BCUT2D eigenvalue weighted by Crippen LogP contribution is 2.47. The predicted molar refractivity (Wildman–Crippen MR) is 241 cm³/mol. The minimum absolute atomic E-state index is 0.0360. The first kappa shape index (κ1) is 51.9. The number of unbranched alkanes of at least 4 members (excludes halogenated alkanes) is 6. The van der Waals surface area contributed by atoms with E-state index in [4.69, 9.17) is 28.4 Å². The van der Waals surface area contributed by atoms with E-state index in [1.807, 2.05) is 36.4 Å². The number of ether oxygens (including phenoxy) is 6. The van der Waals surface area contributed by atoms with E-state index in [1.54, 1.807) is 0 Å². The van der Waals surface area contributed by atoms with Gasteiger partial charge in [0.25, 0.3) is 0 Å². The van der Waals surface area contributed by atoms with Crippen LogP contribution in [0, 0.1) is 0 Å². The van der Waals surface area contributed by atoms with Crippen LogP contribution < -0.4 is 28.4 Å². The highest BCUT2D eigenvalue weighted by Gasteiger charge is 2.21. The zero-order valence-corrected chi connectivity index (χ0v) is 37.0. The van der Waals surface area contributed by atoms with Crippen molar-refractivity contribution >= 4 is 68.1 Å². The van der Waals surface area contributed by atoms with Crippen molar-refractivity contribution in [3.63, 3.8) is 0 Å². The smallest absolute Gasteiger partial charge is 0.303 e. The van der Waals surface area contributed by atoms with E-state index in [1.165, 1.54) is 0 Å². The summed E-state index contributed by atoms with van der Waals surface area (Å²) in [5.74, 6) is -3.47. The zero-order valence-electron chi connectivity index (χ0n) is 37.0. The fourth-order valence-corrected chi connectivity index (χ4v) is 7.06. The Morgan fingerprint density at radius 2 is 0.394 bits per heavy atom. The summed E-state index contributed by atoms with van der Waals surface area (Å²) in [6.07, 6.45) is 4.60. The molecule has 0 aromatic heterocycles. The van der Waals surface area contributed by atoms with Gasteiger partial charge in [-0.15, -0.1) is 0 Å². The summed E-state index contributed by atoms with van der Waals surface area (Å²) in [6.45, 7) is 0.984. The molecule has 18 heteroatoms. The van der Waals surface area contributed by atoms with Gasteiger partial charge in [0.1, 0.15) is 0 Å². The molecule has 0 aliphatic heterocycles. The third-order valence-electron chi connectivity index (χ3n) is 10.4. The number of carbonyl (C=O) groups is 6. The van der Waals surface area contributed by atoms with Gasteiger partial charge in [-0.25, -0.2) is 0 Å². The molecule has 360 valence electrons. The van der Waals surface area contributed by atoms with Crippen LogP contribution in [0.1, 0.15) is 116 Å². The van der Waals surface area contributed by atoms with Gasteiger partial charge < -0.3 is 59.1 Å². The lowest BCUT2D eigenvalue weighted by Gasteiger charge is -2.21. The molecule has 0 saturated carbocycles. The van der Waals surface area contributed by atoms with Gasteiger partial charge >= 0.3 is 35.8 Å². The molecule has 0 radical (unpaired) electrons. The van der Waals surface area contributed by atoms with Crippen molar-refractivity contribution < 1.29 is 87.8 Å². The van der Waals surface area contributed by atoms with E-state index < -0.39 is 35.8 Å². The van der Waals surface area contributed by atoms with Crippen LogP contribution in [0.4, 0.5) is 0 Å². The number of rotatable bonds is 36. The lowest BCUT2D eigenvalue weighted by molar-refractivity contribution is -0.138. The average molecular weight is 925 g/mol. The molecular weight excluding hydrogens is 865 g/mol. The van der Waals surface area contributed by atoms with Crippen LogP contribution in [0.15, 0.2) is 36.4 Å². The molecule has 0 spiro atoms. The highest BCUT2D eigenvalue weighted by molar-refractivity contribution is 6.26. The first-order chi connectivity index (χ1) is 31.7. The Labute approximate surface area is 381 Å². The van der Waals surface area contributed by atoms with Crippen LogP contribution in [-0.4, -0.2) is 106 Å². The lowest BCUT2D eigenvalue weighted by atomic mass is 9.93. The number of hydrogen-bond donors (Lipinski definition) is 6. The first-order valence-electron chi connectivity index (χ1n) is 22.4. The molecule has 0 atom stereocenters. The van der Waals surface area contributed by atoms with E-state index in [9.17, 15) is 59.4 Å². The van der Waals surface area contributed by atoms with E-state index in [2.05, 4.69) is 0 Å². The second kappa shape index (κ2) is 27.6. The molecule has 0 aliphatic rings. The van der Waals surface area contributed by atoms with Crippen molar-refractivity contribution in [2.24, 2.45) is 0 Å². The van der Waals surface area contributed by atoms with Gasteiger partial charge in [-0.05, 0) is 146 Å².